The summed E-state index contributed by atoms with van der Waals surface area (Å²) >= 11 is 0. The van der Waals surface area contributed by atoms with E-state index in [2.05, 4.69) is 0 Å². The molecule has 0 amide bonds. The van der Waals surface area contributed by atoms with Gasteiger partial charge in [0.1, 0.15) is 0 Å². The largest absolute Gasteiger partial charge is 0.432 e. The van der Waals surface area contributed by atoms with Gasteiger partial charge in [0.05, 0.1) is 0 Å². The molecule has 0 fully saturated rings. The van der Waals surface area contributed by atoms with E-state index in [1.165, 1.54) is 0 Å². The Bertz CT molecular complexity index is 434. The van der Waals surface area contributed by atoms with Crippen LogP contribution in [0.1, 0.15) is 78.6 Å². The second-order valence-corrected chi connectivity index (χ2v) is 7.62. The molecule has 0 aromatic rings. The maximum Gasteiger partial charge on any atom is 0.432 e. The van der Waals surface area contributed by atoms with Crippen LogP contribution in [0.25, 0.3) is 0 Å². The van der Waals surface area contributed by atoms with Gasteiger partial charge in [-0.25, -0.2) is 0 Å². The Labute approximate surface area is 146 Å². The summed E-state index contributed by atoms with van der Waals surface area (Å²) in [4.78, 5) is 0. The van der Waals surface area contributed by atoms with Gasteiger partial charge >= 0.3 is 21.3 Å². The fraction of sp³-hybridized carbons (Fsp3) is 1.00. The van der Waals surface area contributed by atoms with Crippen LogP contribution in [0.5, 0.6) is 0 Å². The second-order valence-electron chi connectivity index (χ2n) is 6.16. The minimum atomic E-state index is -6.20. The van der Waals surface area contributed by atoms with Crippen molar-refractivity contribution in [3.63, 3.8) is 0 Å². The number of hydrogen-bond acceptors (Lipinski definition) is 2. The van der Waals surface area contributed by atoms with Gasteiger partial charge in [-0.1, -0.05) is 59.3 Å². The zero-order valence-corrected chi connectivity index (χ0v) is 17.0. The van der Waals surface area contributed by atoms with Gasteiger partial charge < -0.3 is 0 Å². The molecule has 24 heavy (non-hydrogen) atoms. The Morgan fingerprint density at radius 2 is 1.08 bits per heavy atom. The van der Waals surface area contributed by atoms with Crippen molar-refractivity contribution < 1.29 is 30.5 Å². The first-order valence-electron chi connectivity index (χ1n) is 8.16. The van der Waals surface area contributed by atoms with E-state index in [4.69, 9.17) is 4.55 Å². The van der Waals surface area contributed by atoms with Crippen molar-refractivity contribution >= 4 is 20.0 Å². The van der Waals surface area contributed by atoms with Crippen LogP contribution in [0.4, 0.5) is 17.6 Å². The maximum absolute atomic E-state index is 14.7. The molecule has 1 atom stereocenters. The molecule has 1 unspecified atom stereocenters. The van der Waals surface area contributed by atoms with E-state index in [1.807, 2.05) is 0 Å². The van der Waals surface area contributed by atoms with Gasteiger partial charge in [0.2, 0.25) is 0 Å². The van der Waals surface area contributed by atoms with Crippen molar-refractivity contribution in [2.24, 2.45) is 5.41 Å². The minimum absolute atomic E-state index is 0. The second kappa shape index (κ2) is 10.3. The molecule has 0 aliphatic carbocycles. The van der Waals surface area contributed by atoms with Crippen LogP contribution in [0.15, 0.2) is 0 Å². The van der Waals surface area contributed by atoms with E-state index in [-0.39, 0.29) is 29.2 Å². The minimum Gasteiger partial charge on any atom is -0.281 e. The van der Waals surface area contributed by atoms with Gasteiger partial charge in [-0.15, -0.1) is 0 Å². The monoisotopic (exact) mass is 398 g/mol. The van der Waals surface area contributed by atoms with E-state index in [1.54, 1.807) is 20.8 Å². The molecule has 9 heteroatoms. The molecule has 0 heterocycles. The third-order valence-electron chi connectivity index (χ3n) is 4.38. The van der Waals surface area contributed by atoms with Crippen LogP contribution >= 0.6 is 9.90 Å². The first-order valence-corrected chi connectivity index (χ1v) is 9.60. The number of hydrogen-bond donors (Lipinski definition) is 1. The highest BCUT2D eigenvalue weighted by molar-refractivity contribution is 7.87. The normalized spacial score (nSPS) is 13.7. The molecule has 0 saturated carbocycles. The molecule has 1 N–H and O–H groups in total. The summed E-state index contributed by atoms with van der Waals surface area (Å²) in [6.45, 7) is 5.26. The third-order valence-corrected chi connectivity index (χ3v) is 5.29. The Hall–Kier alpha value is 0.0600. The first-order chi connectivity index (χ1) is 10.4. The summed E-state index contributed by atoms with van der Waals surface area (Å²) in [6.07, 6.45) is 1.92. The summed E-state index contributed by atoms with van der Waals surface area (Å²) in [5.41, 5.74) is -2.13. The quantitative estimate of drug-likeness (QED) is 0.260. The highest BCUT2D eigenvalue weighted by atomic mass is 32.2. The lowest BCUT2D eigenvalue weighted by Gasteiger charge is -2.43. The average Bonchev–Trinajstić information content (AvgIpc) is 2.45. The van der Waals surface area contributed by atoms with Crippen LogP contribution in [-0.4, -0.2) is 24.1 Å². The molecule has 0 aliphatic rings. The van der Waals surface area contributed by atoms with Gasteiger partial charge in [-0.3, -0.25) is 4.55 Å². The van der Waals surface area contributed by atoms with Crippen molar-refractivity contribution in [3.05, 3.63) is 0 Å². The standard InChI is InChI=1S/C15H28F4O3S.H3P/c1-4-7-10-13(11-8-5-2,12-9-6-3)14(16,17)15(18,19)23(20,21)22;/h4-12H2,1-3H3,(H,20,21,22);1H3. The molecule has 0 aromatic heterocycles. The van der Waals surface area contributed by atoms with Crippen LogP contribution < -0.4 is 0 Å². The van der Waals surface area contributed by atoms with E-state index >= 15 is 0 Å². The molecule has 3 nitrogen and oxygen atoms in total. The Morgan fingerprint density at radius 3 is 1.29 bits per heavy atom. The molecule has 0 aliphatic heterocycles. The van der Waals surface area contributed by atoms with Gasteiger partial charge in [-0.2, -0.15) is 35.9 Å². The zero-order valence-electron chi connectivity index (χ0n) is 14.8. The van der Waals surface area contributed by atoms with Gasteiger partial charge in [0, 0.05) is 5.41 Å². The van der Waals surface area contributed by atoms with E-state index in [0.29, 0.717) is 38.5 Å². The highest BCUT2D eigenvalue weighted by Gasteiger charge is 2.73. The Morgan fingerprint density at radius 1 is 0.792 bits per heavy atom. The summed E-state index contributed by atoms with van der Waals surface area (Å²) < 4.78 is 87.6. The molecule has 0 saturated heterocycles. The fourth-order valence-electron chi connectivity index (χ4n) is 2.86. The molecule has 148 valence electrons. The topological polar surface area (TPSA) is 54.4 Å². The molecular weight excluding hydrogens is 367 g/mol. The van der Waals surface area contributed by atoms with Crippen LogP contribution in [0.2, 0.25) is 0 Å². The predicted molar refractivity (Wildman–Crippen MR) is 93.6 cm³/mol. The fourth-order valence-corrected chi connectivity index (χ4v) is 3.40. The summed E-state index contributed by atoms with van der Waals surface area (Å²) in [5.74, 6) is -4.83. The number of alkyl halides is 4. The summed E-state index contributed by atoms with van der Waals surface area (Å²) in [6, 6.07) is 0. The van der Waals surface area contributed by atoms with Crippen molar-refractivity contribution in [1.82, 2.24) is 0 Å². The molecule has 0 bridgehead atoms. The maximum atomic E-state index is 14.7. The number of unbranched alkanes of at least 4 members (excludes halogenated alkanes) is 3. The van der Waals surface area contributed by atoms with Crippen LogP contribution in [-0.2, 0) is 10.1 Å². The van der Waals surface area contributed by atoms with Crippen LogP contribution in [0.3, 0.4) is 0 Å². The summed E-state index contributed by atoms with van der Waals surface area (Å²) in [7, 11) is -6.20. The van der Waals surface area contributed by atoms with E-state index in [0.717, 1.165) is 0 Å². The van der Waals surface area contributed by atoms with Crippen molar-refractivity contribution in [3.8, 4) is 0 Å². The van der Waals surface area contributed by atoms with Crippen molar-refractivity contribution in [2.75, 3.05) is 0 Å². The lowest BCUT2D eigenvalue weighted by molar-refractivity contribution is -0.239. The van der Waals surface area contributed by atoms with E-state index in [9.17, 15) is 26.0 Å². The predicted octanol–water partition coefficient (Wildman–Crippen LogP) is 5.72. The Balaban J connectivity index is 0. The first kappa shape index (κ1) is 26.3. The van der Waals surface area contributed by atoms with Crippen LogP contribution in [0, 0.1) is 5.41 Å². The SMILES string of the molecule is CCCCC(CCCC)(CCCC)C(F)(F)C(F)(F)S(=O)(=O)O.P. The van der Waals surface area contributed by atoms with E-state index < -0.39 is 26.7 Å². The molecule has 0 radical (unpaired) electrons. The molecule has 0 rings (SSSR count). The van der Waals surface area contributed by atoms with Gasteiger partial charge in [0.25, 0.3) is 0 Å². The van der Waals surface area contributed by atoms with Gasteiger partial charge in [0.15, 0.2) is 0 Å². The number of rotatable bonds is 12. The lowest BCUT2D eigenvalue weighted by Crippen LogP contribution is -2.57. The lowest BCUT2D eigenvalue weighted by atomic mass is 9.69. The zero-order chi connectivity index (χ0) is 18.4. The smallest absolute Gasteiger partial charge is 0.281 e. The van der Waals surface area contributed by atoms with Gasteiger partial charge in [-0.05, 0) is 19.3 Å². The number of halogens is 4. The van der Waals surface area contributed by atoms with Crippen molar-refractivity contribution in [1.29, 1.82) is 0 Å². The molecule has 0 aromatic carbocycles. The Kier molecular flexibility index (Phi) is 11.2. The summed E-state index contributed by atoms with van der Waals surface area (Å²) in [5, 5.41) is -5.49. The average molecular weight is 398 g/mol. The highest BCUT2D eigenvalue weighted by Crippen LogP contribution is 2.56. The molecular formula is C15H31F4O3PS. The third kappa shape index (κ3) is 5.53. The molecule has 0 spiro atoms. The van der Waals surface area contributed by atoms with Crippen molar-refractivity contribution in [2.45, 2.75) is 89.7 Å².